The number of allylic oxidation sites excluding steroid dienone is 1. The van der Waals surface area contributed by atoms with Gasteiger partial charge in [0.05, 0.1) is 15.6 Å². The number of Topliss-reactive ketones (excluding diaryl/α,β-unsaturated/α-hetero) is 1. The predicted molar refractivity (Wildman–Crippen MR) is 104 cm³/mol. The molecule has 4 rings (SSSR count). The number of carbonyl (C=O) groups excluding carboxylic acids is 1. The lowest BCUT2D eigenvalue weighted by Crippen LogP contribution is -1.97. The molecule has 6 heteroatoms. The summed E-state index contributed by atoms with van der Waals surface area (Å²) in [6.45, 7) is 2.16. The SMILES string of the molecule is Cc1ccc(/C=C2\Oc3cc(OCc4ccc(Cl)c(Cl)c4)ccc3C2=O)o1. The molecule has 3 aromatic rings. The van der Waals surface area contributed by atoms with Crippen LogP contribution in [0.25, 0.3) is 6.08 Å². The molecule has 1 aliphatic heterocycles. The van der Waals surface area contributed by atoms with Crippen LogP contribution in [0.15, 0.2) is 58.7 Å². The van der Waals surface area contributed by atoms with Crippen LogP contribution in [-0.2, 0) is 6.61 Å². The van der Waals surface area contributed by atoms with E-state index in [9.17, 15) is 4.79 Å². The molecule has 0 saturated heterocycles. The van der Waals surface area contributed by atoms with Gasteiger partial charge in [-0.2, -0.15) is 0 Å². The molecule has 2 heterocycles. The minimum atomic E-state index is -0.185. The minimum absolute atomic E-state index is 0.185. The maximum Gasteiger partial charge on any atom is 0.232 e. The molecule has 0 aliphatic carbocycles. The Hall–Kier alpha value is -2.69. The molecule has 1 aromatic heterocycles. The fourth-order valence-electron chi connectivity index (χ4n) is 2.71. The molecule has 0 bridgehead atoms. The Bertz CT molecular complexity index is 1070. The smallest absolute Gasteiger partial charge is 0.232 e. The fourth-order valence-corrected chi connectivity index (χ4v) is 3.03. The summed E-state index contributed by atoms with van der Waals surface area (Å²) in [7, 11) is 0. The first-order valence-electron chi connectivity index (χ1n) is 8.21. The number of furan rings is 1. The average Bonchev–Trinajstić information content (AvgIpc) is 3.19. The number of ketones is 1. The lowest BCUT2D eigenvalue weighted by atomic mass is 10.1. The molecule has 136 valence electrons. The van der Waals surface area contributed by atoms with Crippen LogP contribution in [0.3, 0.4) is 0 Å². The number of rotatable bonds is 4. The van der Waals surface area contributed by atoms with Crippen molar-refractivity contribution in [3.8, 4) is 11.5 Å². The topological polar surface area (TPSA) is 48.7 Å². The van der Waals surface area contributed by atoms with Crippen molar-refractivity contribution >= 4 is 35.1 Å². The van der Waals surface area contributed by atoms with Gasteiger partial charge < -0.3 is 13.9 Å². The van der Waals surface area contributed by atoms with E-state index >= 15 is 0 Å². The van der Waals surface area contributed by atoms with Crippen molar-refractivity contribution in [3.05, 3.63) is 87.0 Å². The highest BCUT2D eigenvalue weighted by molar-refractivity contribution is 6.42. The van der Waals surface area contributed by atoms with Crippen LogP contribution in [0, 0.1) is 6.92 Å². The first-order valence-corrected chi connectivity index (χ1v) is 8.96. The number of carbonyl (C=O) groups is 1. The Morgan fingerprint density at radius 1 is 1.04 bits per heavy atom. The molecular weight excluding hydrogens is 387 g/mol. The van der Waals surface area contributed by atoms with Gasteiger partial charge in [-0.05, 0) is 48.9 Å². The van der Waals surface area contributed by atoms with E-state index in [-0.39, 0.29) is 11.5 Å². The van der Waals surface area contributed by atoms with Gasteiger partial charge in [0.1, 0.15) is 29.6 Å². The third-order valence-electron chi connectivity index (χ3n) is 4.07. The molecule has 0 N–H and O–H groups in total. The molecule has 2 aromatic carbocycles. The summed E-state index contributed by atoms with van der Waals surface area (Å²) >= 11 is 11.9. The van der Waals surface area contributed by atoms with Gasteiger partial charge in [0.25, 0.3) is 0 Å². The fraction of sp³-hybridized carbons (Fsp3) is 0.0952. The normalized spacial score (nSPS) is 14.3. The van der Waals surface area contributed by atoms with Gasteiger partial charge in [0, 0.05) is 12.1 Å². The predicted octanol–water partition coefficient (Wildman–Crippen LogP) is 6.09. The molecular formula is C21H14Cl2O4. The number of hydrogen-bond donors (Lipinski definition) is 0. The number of benzene rings is 2. The summed E-state index contributed by atoms with van der Waals surface area (Å²) in [5, 5.41) is 0.972. The summed E-state index contributed by atoms with van der Waals surface area (Å²) in [5.74, 6) is 2.42. The third kappa shape index (κ3) is 3.72. The van der Waals surface area contributed by atoms with Gasteiger partial charge in [0.15, 0.2) is 5.76 Å². The molecule has 0 fully saturated rings. The standard InChI is InChI=1S/C21H14Cl2O4/c1-12-2-4-15(26-12)10-20-21(24)16-6-5-14(9-19(16)27-20)25-11-13-3-7-17(22)18(23)8-13/h2-10H,11H2,1H3/b20-10-. The lowest BCUT2D eigenvalue weighted by Gasteiger charge is -2.08. The number of aryl methyl sites for hydroxylation is 1. The van der Waals surface area contributed by atoms with Crippen LogP contribution in [0.2, 0.25) is 10.0 Å². The van der Waals surface area contributed by atoms with Crippen LogP contribution in [0.1, 0.15) is 27.4 Å². The monoisotopic (exact) mass is 400 g/mol. The van der Waals surface area contributed by atoms with E-state index in [1.54, 1.807) is 42.5 Å². The Morgan fingerprint density at radius 2 is 1.89 bits per heavy atom. The molecule has 27 heavy (non-hydrogen) atoms. The summed E-state index contributed by atoms with van der Waals surface area (Å²) in [6, 6.07) is 14.0. The zero-order chi connectivity index (χ0) is 19.0. The molecule has 0 radical (unpaired) electrons. The second kappa shape index (κ2) is 7.14. The number of ether oxygens (including phenoxy) is 2. The van der Waals surface area contributed by atoms with Gasteiger partial charge in [-0.1, -0.05) is 29.3 Å². The van der Waals surface area contributed by atoms with Gasteiger partial charge in [-0.15, -0.1) is 0 Å². The zero-order valence-electron chi connectivity index (χ0n) is 14.3. The van der Waals surface area contributed by atoms with Crippen molar-refractivity contribution in [1.82, 2.24) is 0 Å². The van der Waals surface area contributed by atoms with Crippen molar-refractivity contribution in [1.29, 1.82) is 0 Å². The van der Waals surface area contributed by atoms with Gasteiger partial charge in [-0.25, -0.2) is 0 Å². The molecule has 0 atom stereocenters. The van der Waals surface area contributed by atoms with Gasteiger partial charge in [-0.3, -0.25) is 4.79 Å². The summed E-state index contributed by atoms with van der Waals surface area (Å²) in [4.78, 5) is 12.5. The first-order chi connectivity index (χ1) is 13.0. The average molecular weight is 401 g/mol. The van der Waals surface area contributed by atoms with Crippen molar-refractivity contribution in [2.75, 3.05) is 0 Å². The van der Waals surface area contributed by atoms with Crippen molar-refractivity contribution < 1.29 is 18.7 Å². The van der Waals surface area contributed by atoms with Crippen LogP contribution in [0.4, 0.5) is 0 Å². The highest BCUT2D eigenvalue weighted by atomic mass is 35.5. The molecule has 1 aliphatic rings. The van der Waals surface area contributed by atoms with E-state index in [2.05, 4.69) is 0 Å². The van der Waals surface area contributed by atoms with Gasteiger partial charge in [0.2, 0.25) is 5.78 Å². The summed E-state index contributed by atoms with van der Waals surface area (Å²) in [6.07, 6.45) is 1.59. The maximum atomic E-state index is 12.5. The van der Waals surface area contributed by atoms with Crippen LogP contribution >= 0.6 is 23.2 Å². The third-order valence-corrected chi connectivity index (χ3v) is 4.80. The largest absolute Gasteiger partial charge is 0.489 e. The van der Waals surface area contributed by atoms with Crippen LogP contribution in [0.5, 0.6) is 11.5 Å². The number of fused-ring (bicyclic) bond motifs is 1. The lowest BCUT2D eigenvalue weighted by molar-refractivity contribution is 0.101. The van der Waals surface area contributed by atoms with Crippen LogP contribution in [-0.4, -0.2) is 5.78 Å². The van der Waals surface area contributed by atoms with Crippen LogP contribution < -0.4 is 9.47 Å². The van der Waals surface area contributed by atoms with E-state index in [1.165, 1.54) is 0 Å². The first kappa shape index (κ1) is 17.7. The summed E-state index contributed by atoms with van der Waals surface area (Å²) in [5.41, 5.74) is 1.38. The summed E-state index contributed by atoms with van der Waals surface area (Å²) < 4.78 is 16.9. The van der Waals surface area contributed by atoms with Gasteiger partial charge >= 0.3 is 0 Å². The Labute approximate surface area is 165 Å². The second-order valence-corrected chi connectivity index (χ2v) is 6.90. The Balaban J connectivity index is 1.50. The quantitative estimate of drug-likeness (QED) is 0.497. The van der Waals surface area contributed by atoms with E-state index in [0.717, 1.165) is 11.3 Å². The van der Waals surface area contributed by atoms with Crippen molar-refractivity contribution in [3.63, 3.8) is 0 Å². The van der Waals surface area contributed by atoms with Crippen molar-refractivity contribution in [2.45, 2.75) is 13.5 Å². The molecule has 0 saturated carbocycles. The molecule has 0 unspecified atom stereocenters. The van der Waals surface area contributed by atoms with Crippen molar-refractivity contribution in [2.24, 2.45) is 0 Å². The second-order valence-electron chi connectivity index (χ2n) is 6.08. The van der Waals surface area contributed by atoms with E-state index in [1.807, 2.05) is 19.1 Å². The maximum absolute atomic E-state index is 12.5. The number of hydrogen-bond acceptors (Lipinski definition) is 4. The van der Waals surface area contributed by atoms with E-state index in [0.29, 0.717) is 39.5 Å². The Kier molecular flexibility index (Phi) is 4.68. The molecule has 0 amide bonds. The number of halogens is 2. The van der Waals surface area contributed by atoms with E-state index in [4.69, 9.17) is 37.1 Å². The Morgan fingerprint density at radius 3 is 2.63 bits per heavy atom. The van der Waals surface area contributed by atoms with E-state index < -0.39 is 0 Å². The highest BCUT2D eigenvalue weighted by Gasteiger charge is 2.28. The molecule has 0 spiro atoms. The zero-order valence-corrected chi connectivity index (χ0v) is 15.8. The highest BCUT2D eigenvalue weighted by Crippen LogP contribution is 2.35. The molecule has 4 nitrogen and oxygen atoms in total. The minimum Gasteiger partial charge on any atom is -0.489 e.